The molecule has 3 rings (SSSR count). The molecule has 0 amide bonds. The van der Waals surface area contributed by atoms with Crippen LogP contribution in [0.3, 0.4) is 0 Å². The minimum Gasteiger partial charge on any atom is -0.737 e. The van der Waals surface area contributed by atoms with Crippen molar-refractivity contribution in [3.05, 3.63) is 89.5 Å². The molecule has 0 aliphatic carbocycles. The average molecular weight is 643 g/mol. The Morgan fingerprint density at radius 2 is 0.677 bits per heavy atom. The van der Waals surface area contributed by atoms with Gasteiger partial charge in [0, 0.05) is 49.1 Å². The van der Waals surface area contributed by atoms with Crippen molar-refractivity contribution in [2.24, 2.45) is 0 Å². The van der Waals surface area contributed by atoms with Gasteiger partial charge in [-0.25, -0.2) is 0 Å². The minimum atomic E-state index is -0.405. The Kier molecular flexibility index (Phi) is 13.2. The van der Waals surface area contributed by atoms with Gasteiger partial charge in [-0.2, -0.15) is 0 Å². The molecule has 0 saturated heterocycles. The molecule has 3 aromatic rings. The van der Waals surface area contributed by atoms with E-state index in [-0.39, 0.29) is 20.4 Å². The first-order chi connectivity index (χ1) is 14.1. The van der Waals surface area contributed by atoms with E-state index in [1.54, 1.807) is 72.8 Å². The molecule has 31 heavy (non-hydrogen) atoms. The Balaban J connectivity index is 0.000000429. The number of benzene rings is 3. The number of rotatable bonds is 3. The molecule has 160 valence electrons. The molecule has 0 aromatic heterocycles. The van der Waals surface area contributed by atoms with E-state index in [0.717, 1.165) is 0 Å². The zero-order valence-electron chi connectivity index (χ0n) is 16.0. The second-order valence-corrected chi connectivity index (χ2v) is 6.74. The van der Waals surface area contributed by atoms with Crippen LogP contribution in [0.5, 0.6) is 0 Å². The van der Waals surface area contributed by atoms with Crippen molar-refractivity contribution in [2.45, 2.75) is 0 Å². The van der Waals surface area contributed by atoms with E-state index in [2.05, 4.69) is 37.9 Å². The quantitative estimate of drug-likeness (QED) is 0.292. The van der Waals surface area contributed by atoms with Gasteiger partial charge in [-0.3, -0.25) is 0 Å². The third kappa shape index (κ3) is 9.83. The maximum absolute atomic E-state index is 10.6. The standard InChI is InChI=1S/3C7H7NOS.Re/c3*8-6-4-2-1-3-5(6)7(9)10;/h3*1-4H,8H2,(H,9,10);/q;;;+3/p-3. The minimum absolute atomic E-state index is 0. The van der Waals surface area contributed by atoms with E-state index in [0.29, 0.717) is 33.8 Å². The summed E-state index contributed by atoms with van der Waals surface area (Å²) in [5.41, 5.74) is 18.9. The topological polar surface area (TPSA) is 129 Å². The van der Waals surface area contributed by atoms with Gasteiger partial charge in [-0.15, -0.1) is 0 Å². The number of nitrogens with two attached hydrogens (primary N) is 3. The first-order valence-electron chi connectivity index (χ1n) is 8.32. The number of anilines is 3. The molecule has 0 atom stereocenters. The second kappa shape index (κ2) is 14.4. The van der Waals surface area contributed by atoms with Gasteiger partial charge in [-0.05, 0) is 18.2 Å². The first-order valence-corrected chi connectivity index (χ1v) is 9.55. The fourth-order valence-electron chi connectivity index (χ4n) is 2.05. The Morgan fingerprint density at radius 3 is 0.806 bits per heavy atom. The summed E-state index contributed by atoms with van der Waals surface area (Å²) < 4.78 is 0. The van der Waals surface area contributed by atoms with E-state index in [4.69, 9.17) is 17.2 Å². The van der Waals surface area contributed by atoms with Gasteiger partial charge in [0.2, 0.25) is 0 Å². The molecule has 0 radical (unpaired) electrons. The van der Waals surface area contributed by atoms with Gasteiger partial charge >= 0.3 is 20.4 Å². The van der Waals surface area contributed by atoms with Crippen LogP contribution < -0.4 is 17.2 Å². The van der Waals surface area contributed by atoms with Gasteiger partial charge in [-0.1, -0.05) is 54.6 Å². The second-order valence-electron chi connectivity index (χ2n) is 5.62. The summed E-state index contributed by atoms with van der Waals surface area (Å²) in [5, 5.41) is -1.21. The van der Waals surface area contributed by atoms with Gasteiger partial charge in [0.1, 0.15) is 0 Å². The van der Waals surface area contributed by atoms with Crippen molar-refractivity contribution in [3.8, 4) is 0 Å². The maximum Gasteiger partial charge on any atom is 3.00 e. The van der Waals surface area contributed by atoms with Crippen molar-refractivity contribution >= 4 is 70.3 Å². The predicted molar refractivity (Wildman–Crippen MR) is 128 cm³/mol. The maximum atomic E-state index is 10.6. The van der Waals surface area contributed by atoms with Crippen molar-refractivity contribution in [1.29, 1.82) is 0 Å². The summed E-state index contributed by atoms with van der Waals surface area (Å²) >= 11 is 13.2. The van der Waals surface area contributed by atoms with Crippen LogP contribution in [-0.2, 0) is 58.3 Å². The van der Waals surface area contributed by atoms with Crippen molar-refractivity contribution < 1.29 is 34.8 Å². The van der Waals surface area contributed by atoms with E-state index in [1.807, 2.05) is 0 Å². The SMILES string of the molecule is Nc1ccccc1C(=O)[S-].Nc1ccccc1C(=O)[S-].Nc1ccccc1C(=O)[S-].[Re+3]. The van der Waals surface area contributed by atoms with Gasteiger partial charge in [0.05, 0.1) is 0 Å². The molecule has 0 heterocycles. The Bertz CT molecular complexity index is 917. The normalized spacial score (nSPS) is 8.90. The van der Waals surface area contributed by atoms with Crippen molar-refractivity contribution in [3.63, 3.8) is 0 Å². The number of nitrogen functional groups attached to an aromatic ring is 3. The smallest absolute Gasteiger partial charge is 0.737 e. The molecule has 0 unspecified atom stereocenters. The van der Waals surface area contributed by atoms with Crippen molar-refractivity contribution in [2.75, 3.05) is 17.2 Å². The molecule has 0 fully saturated rings. The van der Waals surface area contributed by atoms with Gasteiger partial charge < -0.3 is 69.5 Å². The fraction of sp³-hybridized carbons (Fsp3) is 0. The third-order valence-electron chi connectivity index (χ3n) is 3.54. The molecule has 0 bridgehead atoms. The van der Waals surface area contributed by atoms with Crippen LogP contribution in [0.1, 0.15) is 31.1 Å². The van der Waals surface area contributed by atoms with Crippen LogP contribution in [0.4, 0.5) is 17.1 Å². The van der Waals surface area contributed by atoms with Gasteiger partial charge in [0.25, 0.3) is 0 Å². The van der Waals surface area contributed by atoms with E-state index < -0.39 is 15.3 Å². The number of para-hydroxylation sites is 3. The van der Waals surface area contributed by atoms with E-state index in [1.165, 1.54) is 0 Å². The summed E-state index contributed by atoms with van der Waals surface area (Å²) in [7, 11) is 0. The molecule has 0 aliphatic rings. The molecule has 0 saturated carbocycles. The fourth-order valence-corrected chi connectivity index (χ4v) is 2.61. The average Bonchev–Trinajstić information content (AvgIpc) is 2.69. The van der Waals surface area contributed by atoms with Crippen molar-refractivity contribution in [1.82, 2.24) is 0 Å². The van der Waals surface area contributed by atoms with Crippen LogP contribution >= 0.6 is 0 Å². The monoisotopic (exact) mass is 643 g/mol. The largest absolute Gasteiger partial charge is 3.00 e. The van der Waals surface area contributed by atoms with Crippen LogP contribution in [0.15, 0.2) is 72.8 Å². The predicted octanol–water partition coefficient (Wildman–Crippen LogP) is 2.87. The molecule has 3 aromatic carbocycles. The molecular weight excluding hydrogens is 625 g/mol. The Labute approximate surface area is 210 Å². The molecule has 10 heteroatoms. The molecule has 6 N–H and O–H groups in total. The Morgan fingerprint density at radius 1 is 0.484 bits per heavy atom. The summed E-state index contributed by atoms with van der Waals surface area (Å²) in [6.45, 7) is 0. The first kappa shape index (κ1) is 28.4. The zero-order chi connectivity index (χ0) is 22.7. The number of carbonyl (C=O) groups is 3. The van der Waals surface area contributed by atoms with Crippen LogP contribution in [0.25, 0.3) is 0 Å². The summed E-state index contributed by atoms with van der Waals surface area (Å²) in [4.78, 5) is 31.8. The number of carbonyl (C=O) groups excluding carboxylic acids is 3. The van der Waals surface area contributed by atoms with E-state index in [9.17, 15) is 14.4 Å². The van der Waals surface area contributed by atoms with E-state index >= 15 is 0 Å². The summed E-state index contributed by atoms with van der Waals surface area (Å²) in [6, 6.07) is 20.3. The zero-order valence-corrected chi connectivity index (χ0v) is 21.2. The molecular formula is C21H18N3O3ReS3. The van der Waals surface area contributed by atoms with Gasteiger partial charge in [0.15, 0.2) is 0 Å². The number of hydrogen-bond acceptors (Lipinski definition) is 9. The van der Waals surface area contributed by atoms with Crippen LogP contribution in [-0.4, -0.2) is 15.3 Å². The molecule has 0 spiro atoms. The third-order valence-corrected chi connectivity index (χ3v) is 4.20. The molecule has 6 nitrogen and oxygen atoms in total. The number of hydrogen-bond donors (Lipinski definition) is 3. The van der Waals surface area contributed by atoms with Crippen LogP contribution in [0.2, 0.25) is 0 Å². The summed E-state index contributed by atoms with van der Waals surface area (Å²) in [6.07, 6.45) is 0. The summed E-state index contributed by atoms with van der Waals surface area (Å²) in [5.74, 6) is 0. The van der Waals surface area contributed by atoms with Crippen LogP contribution in [0, 0.1) is 0 Å². The Hall–Kier alpha value is -2.61. The molecule has 0 aliphatic heterocycles.